The first-order valence-electron chi connectivity index (χ1n) is 12.1. The largest absolute Gasteiger partial charge is 0.488 e. The lowest BCUT2D eigenvalue weighted by atomic mass is 10.0. The first kappa shape index (κ1) is 25.6. The summed E-state index contributed by atoms with van der Waals surface area (Å²) in [5.41, 5.74) is 6.31. The van der Waals surface area contributed by atoms with Crippen LogP contribution in [0.1, 0.15) is 33.9 Å². The number of thiazole rings is 1. The average molecular weight is 535 g/mol. The van der Waals surface area contributed by atoms with Gasteiger partial charge < -0.3 is 25.3 Å². The van der Waals surface area contributed by atoms with Gasteiger partial charge in [0.05, 0.1) is 21.2 Å². The number of nitrogens with one attached hydrogen (secondary N) is 2. The van der Waals surface area contributed by atoms with Crippen LogP contribution in [-0.2, 0) is 11.3 Å². The van der Waals surface area contributed by atoms with Gasteiger partial charge in [-0.25, -0.2) is 19.3 Å². The van der Waals surface area contributed by atoms with Gasteiger partial charge in [0.15, 0.2) is 0 Å². The molecule has 5 rings (SSSR count). The number of nitrogens with zero attached hydrogens (tertiary/aromatic N) is 3. The van der Waals surface area contributed by atoms with Crippen LogP contribution in [0.25, 0.3) is 0 Å². The topological polar surface area (TPSA) is 128 Å². The molecule has 1 aliphatic rings. The molecular weight excluding hydrogens is 507 g/mol. The molecule has 4 N–H and O–H groups in total. The molecule has 0 spiro atoms. The lowest BCUT2D eigenvalue weighted by molar-refractivity contribution is 0.0904. The van der Waals surface area contributed by atoms with Crippen LogP contribution in [0.4, 0.5) is 16.0 Å². The average Bonchev–Trinajstić information content (AvgIpc) is 3.33. The van der Waals surface area contributed by atoms with Gasteiger partial charge in [0.1, 0.15) is 47.6 Å². The van der Waals surface area contributed by atoms with Crippen molar-refractivity contribution in [1.29, 1.82) is 5.41 Å². The Hall–Kier alpha value is -4.09. The molecule has 0 saturated carbocycles. The highest BCUT2D eigenvalue weighted by Gasteiger charge is 2.22. The Kier molecular flexibility index (Phi) is 7.75. The molecule has 196 valence electrons. The maximum atomic E-state index is 15.2. The van der Waals surface area contributed by atoms with Gasteiger partial charge >= 0.3 is 0 Å². The van der Waals surface area contributed by atoms with Crippen molar-refractivity contribution in [2.75, 3.05) is 24.3 Å². The maximum Gasteiger partial charge on any atom is 0.141 e. The van der Waals surface area contributed by atoms with Crippen LogP contribution >= 0.6 is 11.3 Å². The van der Waals surface area contributed by atoms with E-state index in [0.29, 0.717) is 37.1 Å². The number of nitrogen functional groups attached to an aromatic ring is 1. The van der Waals surface area contributed by atoms with E-state index in [-0.39, 0.29) is 34.4 Å². The van der Waals surface area contributed by atoms with Crippen molar-refractivity contribution in [2.24, 2.45) is 0 Å². The van der Waals surface area contributed by atoms with Gasteiger partial charge in [-0.2, -0.15) is 0 Å². The molecule has 0 aliphatic carbocycles. The van der Waals surface area contributed by atoms with Gasteiger partial charge in [0.2, 0.25) is 0 Å². The Bertz CT molecular complexity index is 1440. The molecule has 9 nitrogen and oxygen atoms in total. The first-order chi connectivity index (χ1) is 18.5. The van der Waals surface area contributed by atoms with Gasteiger partial charge in [-0.15, -0.1) is 11.3 Å². The van der Waals surface area contributed by atoms with Crippen LogP contribution in [-0.4, -0.2) is 39.9 Å². The van der Waals surface area contributed by atoms with Crippen LogP contribution in [0.5, 0.6) is 17.2 Å². The second-order valence-electron chi connectivity index (χ2n) is 8.74. The van der Waals surface area contributed by atoms with Gasteiger partial charge in [0.25, 0.3) is 0 Å². The van der Waals surface area contributed by atoms with E-state index < -0.39 is 5.82 Å². The van der Waals surface area contributed by atoms with Crippen LogP contribution in [0.2, 0.25) is 0 Å². The summed E-state index contributed by atoms with van der Waals surface area (Å²) in [6, 6.07) is 11.6. The molecule has 0 unspecified atom stereocenters. The molecule has 2 aromatic heterocycles. The molecule has 1 aliphatic heterocycles. The molecule has 0 atom stereocenters. The first-order valence-corrected chi connectivity index (χ1v) is 12.9. The predicted molar refractivity (Wildman–Crippen MR) is 144 cm³/mol. The number of rotatable bonds is 9. The van der Waals surface area contributed by atoms with Crippen LogP contribution < -0.4 is 20.5 Å². The smallest absolute Gasteiger partial charge is 0.141 e. The minimum atomic E-state index is -0.624. The summed E-state index contributed by atoms with van der Waals surface area (Å²) in [6.45, 7) is 3.63. The van der Waals surface area contributed by atoms with E-state index in [1.807, 2.05) is 13.0 Å². The number of aryl methyl sites for hydroxylation is 1. The summed E-state index contributed by atoms with van der Waals surface area (Å²) in [6.07, 6.45) is 4.72. The van der Waals surface area contributed by atoms with E-state index in [9.17, 15) is 0 Å². The van der Waals surface area contributed by atoms with Crippen molar-refractivity contribution in [3.05, 3.63) is 81.8 Å². The highest BCUT2D eigenvalue weighted by atomic mass is 32.1. The molecule has 0 amide bonds. The van der Waals surface area contributed by atoms with Gasteiger partial charge in [-0.1, -0.05) is 6.07 Å². The number of ether oxygens (including phenoxy) is 3. The van der Waals surface area contributed by atoms with Crippen molar-refractivity contribution in [3.63, 3.8) is 0 Å². The highest BCUT2D eigenvalue weighted by molar-refractivity contribution is 7.11. The van der Waals surface area contributed by atoms with Gasteiger partial charge in [0, 0.05) is 43.1 Å². The molecular formula is C27H27FN6O3S. The molecule has 38 heavy (non-hydrogen) atoms. The zero-order valence-electron chi connectivity index (χ0n) is 20.7. The molecule has 1 fully saturated rings. The number of anilines is 2. The SMILES string of the molecule is Cc1ncc(COc2cccc(Oc3ccc(C(=N)c4c(N)ncnc4NC4CCOCC4)c(F)c3)c2)s1. The zero-order valence-corrected chi connectivity index (χ0v) is 21.6. The third-order valence-corrected chi connectivity index (χ3v) is 6.88. The normalized spacial score (nSPS) is 13.7. The Morgan fingerprint density at radius 1 is 1.13 bits per heavy atom. The third kappa shape index (κ3) is 6.06. The summed E-state index contributed by atoms with van der Waals surface area (Å²) in [7, 11) is 0. The number of halogens is 1. The quantitative estimate of drug-likeness (QED) is 0.246. The summed E-state index contributed by atoms with van der Waals surface area (Å²) in [4.78, 5) is 13.6. The van der Waals surface area contributed by atoms with E-state index in [4.69, 9.17) is 25.4 Å². The Morgan fingerprint density at radius 2 is 1.92 bits per heavy atom. The standard InChI is InChI=1S/C27H27FN6O3S/c1-16-31-13-21(38-16)14-36-18-3-2-4-19(11-18)37-20-5-6-22(23(28)12-20)25(29)24-26(30)32-15-33-27(24)34-17-7-9-35-10-8-17/h2-6,11-13,15,17,29H,7-10,14H2,1H3,(H3,30,32,33,34). The highest BCUT2D eigenvalue weighted by Crippen LogP contribution is 2.30. The number of hydrogen-bond donors (Lipinski definition) is 3. The second-order valence-corrected chi connectivity index (χ2v) is 10.1. The monoisotopic (exact) mass is 534 g/mol. The van der Waals surface area contributed by atoms with Crippen molar-refractivity contribution < 1.29 is 18.6 Å². The molecule has 4 aromatic rings. The lowest BCUT2D eigenvalue weighted by Gasteiger charge is -2.25. The summed E-state index contributed by atoms with van der Waals surface area (Å²) < 4.78 is 32.3. The molecule has 1 saturated heterocycles. The zero-order chi connectivity index (χ0) is 26.5. The van der Waals surface area contributed by atoms with Crippen molar-refractivity contribution in [3.8, 4) is 17.2 Å². The third-order valence-electron chi connectivity index (χ3n) is 5.99. The van der Waals surface area contributed by atoms with Crippen molar-refractivity contribution >= 4 is 28.7 Å². The second kappa shape index (κ2) is 11.5. The summed E-state index contributed by atoms with van der Waals surface area (Å²) >= 11 is 1.58. The molecule has 0 radical (unpaired) electrons. The van der Waals surface area contributed by atoms with E-state index in [1.165, 1.54) is 18.5 Å². The molecule has 11 heteroatoms. The fraction of sp³-hybridized carbons (Fsp3) is 0.259. The predicted octanol–water partition coefficient (Wildman–Crippen LogP) is 5.34. The van der Waals surface area contributed by atoms with Crippen LogP contribution in [0, 0.1) is 18.2 Å². The number of nitrogens with two attached hydrogens (primary N) is 1. The van der Waals surface area contributed by atoms with Crippen LogP contribution in [0.3, 0.4) is 0 Å². The van der Waals surface area contributed by atoms with Gasteiger partial charge in [-0.3, -0.25) is 5.41 Å². The molecule has 3 heterocycles. The minimum absolute atomic E-state index is 0.0609. The molecule has 2 aromatic carbocycles. The number of benzene rings is 2. The lowest BCUT2D eigenvalue weighted by Crippen LogP contribution is -2.29. The van der Waals surface area contributed by atoms with E-state index >= 15 is 4.39 Å². The number of aromatic nitrogens is 3. The summed E-state index contributed by atoms with van der Waals surface area (Å²) in [5, 5.41) is 13.0. The van der Waals surface area contributed by atoms with Gasteiger partial charge in [-0.05, 0) is 44.0 Å². The Morgan fingerprint density at radius 3 is 2.68 bits per heavy atom. The van der Waals surface area contributed by atoms with E-state index in [1.54, 1.807) is 41.8 Å². The van der Waals surface area contributed by atoms with E-state index in [2.05, 4.69) is 20.3 Å². The molecule has 0 bridgehead atoms. The fourth-order valence-corrected chi connectivity index (χ4v) is 4.79. The van der Waals surface area contributed by atoms with Crippen molar-refractivity contribution in [2.45, 2.75) is 32.4 Å². The Labute approximate surface area is 223 Å². The Balaban J connectivity index is 1.30. The minimum Gasteiger partial charge on any atom is -0.488 e. The maximum absolute atomic E-state index is 15.2. The fourth-order valence-electron chi connectivity index (χ4n) is 4.08. The number of hydrogen-bond acceptors (Lipinski definition) is 10. The van der Waals surface area contributed by atoms with Crippen molar-refractivity contribution in [1.82, 2.24) is 15.0 Å². The van der Waals surface area contributed by atoms with E-state index in [0.717, 1.165) is 22.7 Å². The summed E-state index contributed by atoms with van der Waals surface area (Å²) in [5.74, 6) is 1.28. The van der Waals surface area contributed by atoms with Crippen LogP contribution in [0.15, 0.2) is 55.0 Å².